The van der Waals surface area contributed by atoms with Crippen LogP contribution in [0.25, 0.3) is 10.2 Å². The molecule has 2 aromatic heterocycles. The molecule has 3 heterocycles. The summed E-state index contributed by atoms with van der Waals surface area (Å²) in [5, 5.41) is 3.24. The highest BCUT2D eigenvalue weighted by molar-refractivity contribution is 7.91. The lowest BCUT2D eigenvalue weighted by Crippen LogP contribution is -2.42. The molecule has 1 aliphatic rings. The van der Waals surface area contributed by atoms with E-state index in [0.717, 1.165) is 15.1 Å². The molecule has 28 heavy (non-hydrogen) atoms. The van der Waals surface area contributed by atoms with Gasteiger partial charge in [0.1, 0.15) is 16.0 Å². The molecule has 10 heteroatoms. The highest BCUT2D eigenvalue weighted by Crippen LogP contribution is 2.32. The number of hydrogen-bond donors (Lipinski definition) is 1. The number of carbonyl (C=O) groups excluding carboxylic acids is 1. The fourth-order valence-electron chi connectivity index (χ4n) is 3.23. The van der Waals surface area contributed by atoms with Gasteiger partial charge in [0, 0.05) is 11.4 Å². The van der Waals surface area contributed by atoms with Crippen LogP contribution in [-0.4, -0.2) is 43.3 Å². The van der Waals surface area contributed by atoms with E-state index in [9.17, 15) is 13.2 Å². The van der Waals surface area contributed by atoms with Gasteiger partial charge in [-0.2, -0.15) is 4.31 Å². The van der Waals surface area contributed by atoms with E-state index in [0.29, 0.717) is 30.3 Å². The van der Waals surface area contributed by atoms with Crippen molar-refractivity contribution in [1.29, 1.82) is 0 Å². The molecule has 0 aliphatic carbocycles. The first-order valence-corrected chi connectivity index (χ1v) is 11.8. The molecule has 0 radical (unpaired) electrons. The average Bonchev–Trinajstić information content (AvgIpc) is 3.39. The van der Waals surface area contributed by atoms with Crippen LogP contribution in [0.1, 0.15) is 17.7 Å². The quantitative estimate of drug-likeness (QED) is 0.660. The van der Waals surface area contributed by atoms with Crippen LogP contribution in [0.4, 0.5) is 5.13 Å². The largest absolute Gasteiger partial charge is 0.497 e. The minimum absolute atomic E-state index is 0.275. The Labute approximate surface area is 171 Å². The van der Waals surface area contributed by atoms with E-state index in [1.54, 1.807) is 19.2 Å². The molecular weight excluding hydrogens is 418 g/mol. The number of aromatic nitrogens is 1. The van der Waals surface area contributed by atoms with Gasteiger partial charge in [-0.15, -0.1) is 11.3 Å². The molecule has 1 aromatic carbocycles. The molecular formula is C18H19N3O4S3. The molecule has 0 bridgehead atoms. The number of aryl methyl sites for hydroxylation is 1. The molecule has 0 saturated carbocycles. The molecule has 0 unspecified atom stereocenters. The Balaban J connectivity index is 1.55. The lowest BCUT2D eigenvalue weighted by atomic mass is 10.2. The van der Waals surface area contributed by atoms with E-state index >= 15 is 0 Å². The number of benzene rings is 1. The van der Waals surface area contributed by atoms with Crippen LogP contribution in [-0.2, 0) is 14.8 Å². The zero-order chi connectivity index (χ0) is 19.9. The van der Waals surface area contributed by atoms with Crippen LogP contribution < -0.4 is 10.1 Å². The summed E-state index contributed by atoms with van der Waals surface area (Å²) in [7, 11) is -2.09. The van der Waals surface area contributed by atoms with Crippen LogP contribution in [0.2, 0.25) is 0 Å². The van der Waals surface area contributed by atoms with Gasteiger partial charge in [-0.3, -0.25) is 4.79 Å². The number of rotatable bonds is 5. The normalized spacial score (nSPS) is 17.9. The molecule has 1 aliphatic heterocycles. The SMILES string of the molecule is COc1ccc2nc(NC(=O)[C@H]3CCCN3S(=O)(=O)c3ccc(C)s3)sc2c1. The Hall–Kier alpha value is -2.01. The minimum Gasteiger partial charge on any atom is -0.497 e. The van der Waals surface area contributed by atoms with Gasteiger partial charge in [0.05, 0.1) is 17.3 Å². The summed E-state index contributed by atoms with van der Waals surface area (Å²) in [4.78, 5) is 18.2. The number of sulfonamides is 1. The number of amides is 1. The van der Waals surface area contributed by atoms with Crippen molar-refractivity contribution in [2.24, 2.45) is 0 Å². The van der Waals surface area contributed by atoms with E-state index in [2.05, 4.69) is 10.3 Å². The molecule has 7 nitrogen and oxygen atoms in total. The van der Waals surface area contributed by atoms with Crippen molar-refractivity contribution in [3.8, 4) is 5.75 Å². The molecule has 1 fully saturated rings. The molecule has 3 aromatic rings. The van der Waals surface area contributed by atoms with Gasteiger partial charge >= 0.3 is 0 Å². The van der Waals surface area contributed by atoms with Gasteiger partial charge < -0.3 is 10.1 Å². The monoisotopic (exact) mass is 437 g/mol. The number of nitrogens with zero attached hydrogens (tertiary/aromatic N) is 2. The number of nitrogens with one attached hydrogen (secondary N) is 1. The minimum atomic E-state index is -3.68. The standard InChI is InChI=1S/C18H19N3O4S3/c1-11-5-8-16(26-11)28(23,24)21-9-3-4-14(21)17(22)20-18-19-13-7-6-12(25-2)10-15(13)27-18/h5-8,10,14H,3-4,9H2,1-2H3,(H,19,20,22)/t14-/m1/s1. The summed E-state index contributed by atoms with van der Waals surface area (Å²) in [5.74, 6) is 0.369. The van der Waals surface area contributed by atoms with Gasteiger partial charge in [0.15, 0.2) is 5.13 Å². The van der Waals surface area contributed by atoms with Crippen molar-refractivity contribution in [2.75, 3.05) is 19.0 Å². The molecule has 0 spiro atoms. The lowest BCUT2D eigenvalue weighted by molar-refractivity contribution is -0.119. The van der Waals surface area contributed by atoms with Crippen molar-refractivity contribution in [1.82, 2.24) is 9.29 Å². The average molecular weight is 438 g/mol. The van der Waals surface area contributed by atoms with E-state index in [4.69, 9.17) is 4.74 Å². The van der Waals surface area contributed by atoms with E-state index in [1.807, 2.05) is 25.1 Å². The van der Waals surface area contributed by atoms with Gasteiger partial charge in [0.2, 0.25) is 5.91 Å². The van der Waals surface area contributed by atoms with Crippen molar-refractivity contribution < 1.29 is 17.9 Å². The Morgan fingerprint density at radius 1 is 1.29 bits per heavy atom. The number of thiophene rings is 1. The summed E-state index contributed by atoms with van der Waals surface area (Å²) >= 11 is 2.56. The predicted octanol–water partition coefficient (Wildman–Crippen LogP) is 3.47. The van der Waals surface area contributed by atoms with Gasteiger partial charge in [-0.25, -0.2) is 13.4 Å². The maximum absolute atomic E-state index is 13.0. The fraction of sp³-hybridized carbons (Fsp3) is 0.333. The Morgan fingerprint density at radius 2 is 2.11 bits per heavy atom. The highest BCUT2D eigenvalue weighted by Gasteiger charge is 2.40. The highest BCUT2D eigenvalue weighted by atomic mass is 32.2. The maximum Gasteiger partial charge on any atom is 0.253 e. The van der Waals surface area contributed by atoms with Gasteiger partial charge in [0.25, 0.3) is 10.0 Å². The van der Waals surface area contributed by atoms with Crippen molar-refractivity contribution in [3.05, 3.63) is 35.2 Å². The van der Waals surface area contributed by atoms with Crippen molar-refractivity contribution in [2.45, 2.75) is 30.0 Å². The lowest BCUT2D eigenvalue weighted by Gasteiger charge is -2.22. The second kappa shape index (κ2) is 7.43. The Morgan fingerprint density at radius 3 is 2.82 bits per heavy atom. The number of ether oxygens (including phenoxy) is 1. The third-order valence-corrected chi connectivity index (χ3v) is 8.92. The molecule has 148 valence electrons. The van der Waals surface area contributed by atoms with Gasteiger partial charge in [-0.1, -0.05) is 11.3 Å². The number of carbonyl (C=O) groups is 1. The van der Waals surface area contributed by atoms with Gasteiger partial charge in [-0.05, 0) is 50.1 Å². The summed E-state index contributed by atoms with van der Waals surface area (Å²) in [5.41, 5.74) is 0.756. The molecule has 1 N–H and O–H groups in total. The zero-order valence-electron chi connectivity index (χ0n) is 15.3. The topological polar surface area (TPSA) is 88.6 Å². The van der Waals surface area contributed by atoms with Crippen LogP contribution in [0.3, 0.4) is 0 Å². The fourth-order valence-corrected chi connectivity index (χ4v) is 7.20. The third kappa shape index (κ3) is 3.52. The first kappa shape index (κ1) is 19.3. The molecule has 1 atom stereocenters. The number of methoxy groups -OCH3 is 1. The number of thiazole rings is 1. The van der Waals surface area contributed by atoms with Crippen molar-refractivity contribution >= 4 is 54.0 Å². The summed E-state index contributed by atoms with van der Waals surface area (Å²) < 4.78 is 33.6. The molecule has 1 saturated heterocycles. The van der Waals surface area contributed by atoms with Crippen LogP contribution in [0.5, 0.6) is 5.75 Å². The summed E-state index contributed by atoms with van der Waals surface area (Å²) in [6.07, 6.45) is 1.15. The summed E-state index contributed by atoms with van der Waals surface area (Å²) in [6, 6.07) is 8.14. The third-order valence-electron chi connectivity index (χ3n) is 4.61. The first-order chi connectivity index (χ1) is 13.4. The van der Waals surface area contributed by atoms with E-state index < -0.39 is 16.1 Å². The first-order valence-electron chi connectivity index (χ1n) is 8.72. The zero-order valence-corrected chi connectivity index (χ0v) is 17.8. The van der Waals surface area contributed by atoms with Crippen LogP contribution in [0, 0.1) is 6.92 Å². The predicted molar refractivity (Wildman–Crippen MR) is 111 cm³/mol. The maximum atomic E-state index is 13.0. The molecule has 1 amide bonds. The Kier molecular flexibility index (Phi) is 5.13. The number of fused-ring (bicyclic) bond motifs is 1. The molecule has 4 rings (SSSR count). The van der Waals surface area contributed by atoms with Crippen molar-refractivity contribution in [3.63, 3.8) is 0 Å². The van der Waals surface area contributed by atoms with E-state index in [1.165, 1.54) is 27.0 Å². The number of hydrogen-bond acceptors (Lipinski definition) is 7. The smallest absolute Gasteiger partial charge is 0.253 e. The van der Waals surface area contributed by atoms with E-state index in [-0.39, 0.29) is 10.1 Å². The Bertz CT molecular complexity index is 1140. The summed E-state index contributed by atoms with van der Waals surface area (Å²) in [6.45, 7) is 2.20. The van der Waals surface area contributed by atoms with Crippen LogP contribution in [0.15, 0.2) is 34.5 Å². The number of anilines is 1. The second-order valence-electron chi connectivity index (χ2n) is 6.48. The van der Waals surface area contributed by atoms with Crippen LogP contribution >= 0.6 is 22.7 Å². The second-order valence-corrected chi connectivity index (χ2v) is 10.9.